The number of ether oxygens (including phenoxy) is 1. The summed E-state index contributed by atoms with van der Waals surface area (Å²) >= 11 is 0. The Balaban J connectivity index is 2.67. The van der Waals surface area contributed by atoms with Crippen molar-refractivity contribution in [3.05, 3.63) is 64.7 Å². The van der Waals surface area contributed by atoms with Gasteiger partial charge in [-0.05, 0) is 0 Å². The van der Waals surface area contributed by atoms with Gasteiger partial charge in [-0.3, -0.25) is 4.79 Å². The number of carbonyl (C=O) groups excluding carboxylic acids is 1. The highest BCUT2D eigenvalue weighted by atomic mass is 19.2. The van der Waals surface area contributed by atoms with Gasteiger partial charge in [-0.15, -0.1) is 0 Å². The summed E-state index contributed by atoms with van der Waals surface area (Å²) in [4.78, 5) is 11.9. The van der Waals surface area contributed by atoms with Crippen LogP contribution in [0.4, 0.5) is 17.6 Å². The summed E-state index contributed by atoms with van der Waals surface area (Å²) in [7, 11) is 0.860. The van der Waals surface area contributed by atoms with E-state index in [1.807, 2.05) is 0 Å². The van der Waals surface area contributed by atoms with Gasteiger partial charge in [0.25, 0.3) is 0 Å². The van der Waals surface area contributed by atoms with E-state index in [1.165, 1.54) is 24.3 Å². The molecular formula is C14H8F4O2. The first-order chi connectivity index (χ1) is 9.49. The van der Waals surface area contributed by atoms with Crippen LogP contribution in [0.2, 0.25) is 0 Å². The Labute approximate surface area is 111 Å². The van der Waals surface area contributed by atoms with E-state index in [9.17, 15) is 22.4 Å². The Bertz CT molecular complexity index is 640. The van der Waals surface area contributed by atoms with Gasteiger partial charge in [0.15, 0.2) is 23.2 Å². The van der Waals surface area contributed by atoms with Gasteiger partial charge in [-0.25, -0.2) is 8.78 Å². The fourth-order valence-corrected chi connectivity index (χ4v) is 1.72. The maximum Gasteiger partial charge on any atom is 0.204 e. The van der Waals surface area contributed by atoms with Gasteiger partial charge in [0.2, 0.25) is 11.6 Å². The van der Waals surface area contributed by atoms with Crippen LogP contribution in [-0.4, -0.2) is 12.9 Å². The van der Waals surface area contributed by atoms with Gasteiger partial charge in [-0.1, -0.05) is 30.3 Å². The molecule has 0 saturated heterocycles. The fraction of sp³-hybridized carbons (Fsp3) is 0.0714. The Morgan fingerprint density at radius 1 is 0.900 bits per heavy atom. The van der Waals surface area contributed by atoms with E-state index in [2.05, 4.69) is 4.74 Å². The highest BCUT2D eigenvalue weighted by Crippen LogP contribution is 2.30. The van der Waals surface area contributed by atoms with Crippen molar-refractivity contribution in [3.8, 4) is 5.75 Å². The second-order valence-corrected chi connectivity index (χ2v) is 3.86. The van der Waals surface area contributed by atoms with Crippen molar-refractivity contribution in [2.24, 2.45) is 0 Å². The van der Waals surface area contributed by atoms with Gasteiger partial charge in [0.05, 0.1) is 7.11 Å². The van der Waals surface area contributed by atoms with Crippen LogP contribution in [0, 0.1) is 23.3 Å². The van der Waals surface area contributed by atoms with E-state index in [1.54, 1.807) is 6.07 Å². The van der Waals surface area contributed by atoms with E-state index in [0.717, 1.165) is 7.11 Å². The Kier molecular flexibility index (Phi) is 3.74. The molecule has 0 amide bonds. The first-order valence-corrected chi connectivity index (χ1v) is 5.48. The minimum Gasteiger partial charge on any atom is -0.491 e. The van der Waals surface area contributed by atoms with E-state index in [0.29, 0.717) is 0 Å². The molecule has 0 fully saturated rings. The molecule has 2 aromatic carbocycles. The average Bonchev–Trinajstić information content (AvgIpc) is 2.47. The van der Waals surface area contributed by atoms with Crippen LogP contribution in [0.25, 0.3) is 0 Å². The van der Waals surface area contributed by atoms with Crippen LogP contribution in [0.5, 0.6) is 5.75 Å². The standard InChI is InChI=1S/C14H8F4O2/c1-20-14-11(17)9(15)8(10(16)12(14)18)13(19)7-5-3-2-4-6-7/h2-6H,1H3. The lowest BCUT2D eigenvalue weighted by Crippen LogP contribution is -2.13. The lowest BCUT2D eigenvalue weighted by atomic mass is 10.0. The number of hydrogen-bond donors (Lipinski definition) is 0. The number of rotatable bonds is 3. The molecule has 2 rings (SSSR count). The quantitative estimate of drug-likeness (QED) is 0.490. The summed E-state index contributed by atoms with van der Waals surface area (Å²) in [5.74, 6) is -9.41. The molecule has 6 heteroatoms. The molecule has 0 aliphatic heterocycles. The topological polar surface area (TPSA) is 26.3 Å². The Morgan fingerprint density at radius 2 is 1.40 bits per heavy atom. The van der Waals surface area contributed by atoms with Crippen LogP contribution >= 0.6 is 0 Å². The molecule has 0 N–H and O–H groups in total. The van der Waals surface area contributed by atoms with Crippen molar-refractivity contribution >= 4 is 5.78 Å². The summed E-state index contributed by atoms with van der Waals surface area (Å²) in [5, 5.41) is 0. The van der Waals surface area contributed by atoms with Crippen LogP contribution in [0.3, 0.4) is 0 Å². The van der Waals surface area contributed by atoms with E-state index in [-0.39, 0.29) is 5.56 Å². The molecule has 0 spiro atoms. The van der Waals surface area contributed by atoms with Crippen LogP contribution in [-0.2, 0) is 0 Å². The van der Waals surface area contributed by atoms with Crippen LogP contribution in [0.1, 0.15) is 15.9 Å². The fourth-order valence-electron chi connectivity index (χ4n) is 1.72. The Hall–Kier alpha value is -2.37. The molecule has 0 aromatic heterocycles. The lowest BCUT2D eigenvalue weighted by molar-refractivity contribution is 0.102. The molecule has 2 aromatic rings. The normalized spacial score (nSPS) is 10.4. The van der Waals surface area contributed by atoms with Gasteiger partial charge < -0.3 is 4.74 Å². The zero-order valence-electron chi connectivity index (χ0n) is 10.2. The number of halogens is 4. The number of methoxy groups -OCH3 is 1. The predicted octanol–water partition coefficient (Wildman–Crippen LogP) is 3.48. The monoisotopic (exact) mass is 284 g/mol. The summed E-state index contributed by atoms with van der Waals surface area (Å²) in [6, 6.07) is 7.06. The van der Waals surface area contributed by atoms with Gasteiger partial charge >= 0.3 is 0 Å². The molecular weight excluding hydrogens is 276 g/mol. The third kappa shape index (κ3) is 2.13. The molecule has 2 nitrogen and oxygen atoms in total. The molecule has 0 radical (unpaired) electrons. The lowest BCUT2D eigenvalue weighted by Gasteiger charge is -2.10. The third-order valence-corrected chi connectivity index (χ3v) is 2.69. The van der Waals surface area contributed by atoms with E-state index >= 15 is 0 Å². The van der Waals surface area contributed by atoms with Crippen molar-refractivity contribution in [3.63, 3.8) is 0 Å². The predicted molar refractivity (Wildman–Crippen MR) is 62.7 cm³/mol. The summed E-state index contributed by atoms with van der Waals surface area (Å²) in [6.07, 6.45) is 0. The molecule has 0 aliphatic rings. The van der Waals surface area contributed by atoms with Crippen molar-refractivity contribution in [2.45, 2.75) is 0 Å². The number of ketones is 1. The molecule has 0 unspecified atom stereocenters. The second-order valence-electron chi connectivity index (χ2n) is 3.86. The smallest absolute Gasteiger partial charge is 0.204 e. The first kappa shape index (κ1) is 14.0. The van der Waals surface area contributed by atoms with Gasteiger partial charge in [0.1, 0.15) is 5.56 Å². The molecule has 0 atom stereocenters. The molecule has 104 valence electrons. The van der Waals surface area contributed by atoms with Crippen molar-refractivity contribution in [1.29, 1.82) is 0 Å². The minimum absolute atomic E-state index is 0.0886. The largest absolute Gasteiger partial charge is 0.491 e. The number of hydrogen-bond acceptors (Lipinski definition) is 2. The SMILES string of the molecule is COc1c(F)c(F)c(C(=O)c2ccccc2)c(F)c1F. The zero-order chi connectivity index (χ0) is 14.9. The third-order valence-electron chi connectivity index (χ3n) is 2.69. The average molecular weight is 284 g/mol. The molecule has 0 aliphatic carbocycles. The summed E-state index contributed by atoms with van der Waals surface area (Å²) < 4.78 is 58.8. The molecule has 0 bridgehead atoms. The van der Waals surface area contributed by atoms with Crippen molar-refractivity contribution in [1.82, 2.24) is 0 Å². The summed E-state index contributed by atoms with van der Waals surface area (Å²) in [6.45, 7) is 0. The second kappa shape index (κ2) is 5.32. The molecule has 0 saturated carbocycles. The Morgan fingerprint density at radius 3 is 1.85 bits per heavy atom. The van der Waals surface area contributed by atoms with Gasteiger partial charge in [-0.2, -0.15) is 8.78 Å². The molecule has 20 heavy (non-hydrogen) atoms. The van der Waals surface area contributed by atoms with Crippen molar-refractivity contribution in [2.75, 3.05) is 7.11 Å². The molecule has 0 heterocycles. The van der Waals surface area contributed by atoms with E-state index in [4.69, 9.17) is 0 Å². The minimum atomic E-state index is -1.78. The van der Waals surface area contributed by atoms with Crippen LogP contribution < -0.4 is 4.74 Å². The van der Waals surface area contributed by atoms with Crippen LogP contribution in [0.15, 0.2) is 30.3 Å². The number of carbonyl (C=O) groups is 1. The highest BCUT2D eigenvalue weighted by Gasteiger charge is 2.30. The summed E-state index contributed by atoms with van der Waals surface area (Å²) in [5.41, 5.74) is -1.37. The number of benzene rings is 2. The maximum absolute atomic E-state index is 13.7. The van der Waals surface area contributed by atoms with Crippen molar-refractivity contribution < 1.29 is 27.1 Å². The maximum atomic E-state index is 13.7. The van der Waals surface area contributed by atoms with Gasteiger partial charge in [0, 0.05) is 5.56 Å². The highest BCUT2D eigenvalue weighted by molar-refractivity contribution is 6.09. The zero-order valence-corrected chi connectivity index (χ0v) is 10.2. The van der Waals surface area contributed by atoms with E-state index < -0.39 is 40.4 Å². The first-order valence-electron chi connectivity index (χ1n) is 5.48.